The Labute approximate surface area is 299 Å². The molecule has 1 heterocycles. The van der Waals surface area contributed by atoms with Crippen molar-refractivity contribution in [2.45, 2.75) is 78.1 Å². The van der Waals surface area contributed by atoms with E-state index in [4.69, 9.17) is 23.3 Å². The van der Waals surface area contributed by atoms with Crippen molar-refractivity contribution in [3.8, 4) is 5.75 Å². The van der Waals surface area contributed by atoms with E-state index in [1.165, 1.54) is 20.8 Å². The van der Waals surface area contributed by atoms with Gasteiger partial charge >= 0.3 is 43.4 Å². The molecular formula is C32H42F6N3O11P. The molecule has 0 aliphatic carbocycles. The number of hydrogen-bond donors (Lipinski definition) is 4. The van der Waals surface area contributed by atoms with Crippen LogP contribution in [0, 0.1) is 5.41 Å². The van der Waals surface area contributed by atoms with Crippen molar-refractivity contribution < 1.29 is 73.4 Å². The van der Waals surface area contributed by atoms with Crippen molar-refractivity contribution in [2.75, 3.05) is 39.5 Å². The van der Waals surface area contributed by atoms with Gasteiger partial charge in [0.1, 0.15) is 22.2 Å². The van der Waals surface area contributed by atoms with E-state index in [0.717, 1.165) is 18.2 Å². The van der Waals surface area contributed by atoms with E-state index in [9.17, 15) is 54.9 Å². The summed E-state index contributed by atoms with van der Waals surface area (Å²) in [6, 6.07) is 3.29. The topological polar surface area (TPSA) is 200 Å². The number of aliphatic hydroxyl groups excluding tert-OH is 1. The molecule has 0 spiro atoms. The number of alkyl halides is 6. The number of benzene rings is 1. The van der Waals surface area contributed by atoms with Gasteiger partial charge in [0.2, 0.25) is 0 Å². The Morgan fingerprint density at radius 2 is 1.26 bits per heavy atom. The van der Waals surface area contributed by atoms with Gasteiger partial charge in [-0.1, -0.05) is 0 Å². The van der Waals surface area contributed by atoms with Crippen LogP contribution in [-0.2, 0) is 28.0 Å². The quantitative estimate of drug-likeness (QED) is 0.0370. The van der Waals surface area contributed by atoms with Crippen LogP contribution in [0.1, 0.15) is 76.1 Å². The molecule has 53 heavy (non-hydrogen) atoms. The van der Waals surface area contributed by atoms with E-state index in [0.29, 0.717) is 19.3 Å². The van der Waals surface area contributed by atoms with Gasteiger partial charge in [0.25, 0.3) is 5.91 Å². The Kier molecular flexibility index (Phi) is 17.0. The van der Waals surface area contributed by atoms with Gasteiger partial charge in [-0.15, -0.1) is 0 Å². The third kappa shape index (κ3) is 14.7. The molecule has 0 aliphatic rings. The average Bonchev–Trinajstić information content (AvgIpc) is 3.05. The normalized spacial score (nSPS) is 12.4. The number of rotatable bonds is 20. The molecule has 3 amide bonds. The lowest BCUT2D eigenvalue weighted by Gasteiger charge is -2.23. The molecule has 1 aromatic heterocycles. The molecule has 0 bridgehead atoms. The standard InChI is InChI=1S/C32H42F6N3O11P/c1-30(2,3)29(47)52-23-19-22-20(17-21(26(44)51-22)25(43)39-11-5-4-8-14-42)18-24(23)53(48,49-15-9-6-12-40-27(45)31(33,34)35)50-16-10-7-13-41-28(46)32(36,37)38/h17-19,42H,4-16H2,1-3H3,(H,39,43)(H,40,45)(H,41,46). The van der Waals surface area contributed by atoms with Gasteiger partial charge in [0.15, 0.2) is 0 Å². The predicted octanol–water partition coefficient (Wildman–Crippen LogP) is 4.41. The first-order valence-corrected chi connectivity index (χ1v) is 18.0. The van der Waals surface area contributed by atoms with Gasteiger partial charge in [0.05, 0.1) is 18.6 Å². The minimum atomic E-state index is -5.10. The largest absolute Gasteiger partial charge is 0.471 e. The first kappa shape index (κ1) is 45.2. The van der Waals surface area contributed by atoms with Crippen molar-refractivity contribution in [1.82, 2.24) is 16.0 Å². The fourth-order valence-corrected chi connectivity index (χ4v) is 5.93. The Morgan fingerprint density at radius 3 is 1.75 bits per heavy atom. The van der Waals surface area contributed by atoms with E-state index in [-0.39, 0.29) is 49.8 Å². The van der Waals surface area contributed by atoms with E-state index in [1.807, 2.05) is 0 Å². The fourth-order valence-electron chi connectivity index (χ4n) is 4.16. The monoisotopic (exact) mass is 789 g/mol. The molecule has 0 saturated carbocycles. The van der Waals surface area contributed by atoms with Crippen LogP contribution in [0.25, 0.3) is 11.0 Å². The summed E-state index contributed by atoms with van der Waals surface area (Å²) in [6.07, 6.45) is -8.90. The second kappa shape index (κ2) is 19.9. The first-order chi connectivity index (χ1) is 24.6. The lowest BCUT2D eigenvalue weighted by Crippen LogP contribution is -2.37. The third-order valence-corrected chi connectivity index (χ3v) is 9.02. The lowest BCUT2D eigenvalue weighted by atomic mass is 9.97. The number of hydrogen-bond acceptors (Lipinski definition) is 11. The Balaban J connectivity index is 2.47. The van der Waals surface area contributed by atoms with Gasteiger partial charge in [-0.3, -0.25) is 23.7 Å². The molecular weight excluding hydrogens is 747 g/mol. The maximum Gasteiger partial charge on any atom is 0.471 e. The maximum absolute atomic E-state index is 14.5. The highest BCUT2D eigenvalue weighted by molar-refractivity contribution is 7.62. The van der Waals surface area contributed by atoms with Crippen LogP contribution < -0.4 is 31.6 Å². The van der Waals surface area contributed by atoms with Crippen LogP contribution in [0.5, 0.6) is 5.75 Å². The van der Waals surface area contributed by atoms with E-state index >= 15 is 0 Å². The summed E-state index contributed by atoms with van der Waals surface area (Å²) < 4.78 is 112. The highest BCUT2D eigenvalue weighted by Gasteiger charge is 2.39. The molecule has 0 atom stereocenters. The second-order valence-corrected chi connectivity index (χ2v) is 14.6. The van der Waals surface area contributed by atoms with Crippen LogP contribution in [0.15, 0.2) is 27.4 Å². The highest BCUT2D eigenvalue weighted by atomic mass is 31.2. The molecule has 4 N–H and O–H groups in total. The number of aliphatic hydroxyl groups is 1. The summed E-state index contributed by atoms with van der Waals surface area (Å²) in [6.45, 7) is 2.91. The van der Waals surface area contributed by atoms with Crippen molar-refractivity contribution in [3.63, 3.8) is 0 Å². The number of carbonyl (C=O) groups excluding carboxylic acids is 4. The molecule has 2 aromatic rings. The van der Waals surface area contributed by atoms with Gasteiger partial charge in [-0.05, 0) is 77.8 Å². The number of unbranched alkanes of at least 4 members (excludes halogenated alkanes) is 4. The van der Waals surface area contributed by atoms with Crippen molar-refractivity contribution in [1.29, 1.82) is 0 Å². The molecule has 298 valence electrons. The number of carbonyl (C=O) groups is 4. The molecule has 0 saturated heterocycles. The van der Waals surface area contributed by atoms with Crippen molar-refractivity contribution in [2.24, 2.45) is 5.41 Å². The van der Waals surface area contributed by atoms with Crippen LogP contribution >= 0.6 is 7.60 Å². The van der Waals surface area contributed by atoms with E-state index < -0.39 is 97.6 Å². The smallest absolute Gasteiger partial charge is 0.425 e. The Hall–Kier alpha value is -4.00. The van der Waals surface area contributed by atoms with Crippen LogP contribution in [0.3, 0.4) is 0 Å². The van der Waals surface area contributed by atoms with Crippen molar-refractivity contribution in [3.05, 3.63) is 34.2 Å². The lowest BCUT2D eigenvalue weighted by molar-refractivity contribution is -0.173. The molecule has 0 fully saturated rings. The SMILES string of the molecule is CC(C)(C)C(=O)Oc1cc2oc(=O)c(C(=O)NCCCCCO)cc2cc1P(=O)(OCCCCNC(=O)C(F)(F)F)OCCCCNC(=O)C(F)(F)F. The molecule has 2 rings (SSSR count). The first-order valence-electron chi connectivity index (χ1n) is 16.4. The minimum Gasteiger partial charge on any atom is -0.425 e. The highest BCUT2D eigenvalue weighted by Crippen LogP contribution is 2.50. The fraction of sp³-hybridized carbons (Fsp3) is 0.594. The summed E-state index contributed by atoms with van der Waals surface area (Å²) in [5, 5.41) is 14.4. The molecule has 21 heteroatoms. The Morgan fingerprint density at radius 1 is 0.755 bits per heavy atom. The van der Waals surface area contributed by atoms with Crippen molar-refractivity contribution >= 4 is 47.6 Å². The molecule has 0 radical (unpaired) electrons. The van der Waals surface area contributed by atoms with Gasteiger partial charge in [-0.2, -0.15) is 26.3 Å². The summed E-state index contributed by atoms with van der Waals surface area (Å²) in [4.78, 5) is 60.7. The minimum absolute atomic E-state index is 0.00209. The molecule has 1 aromatic carbocycles. The van der Waals surface area contributed by atoms with Gasteiger partial charge in [0, 0.05) is 37.7 Å². The Bertz CT molecular complexity index is 1650. The summed E-state index contributed by atoms with van der Waals surface area (Å²) in [5.41, 5.74) is -2.83. The third-order valence-electron chi connectivity index (χ3n) is 7.04. The number of esters is 1. The maximum atomic E-state index is 14.5. The molecule has 0 aliphatic heterocycles. The second-order valence-electron chi connectivity index (χ2n) is 12.6. The number of halogens is 6. The zero-order valence-corrected chi connectivity index (χ0v) is 30.1. The van der Waals surface area contributed by atoms with Gasteiger partial charge < -0.3 is 39.3 Å². The van der Waals surface area contributed by atoms with E-state index in [2.05, 4.69) is 5.32 Å². The van der Waals surface area contributed by atoms with E-state index in [1.54, 1.807) is 10.6 Å². The number of amides is 3. The van der Waals surface area contributed by atoms with Gasteiger partial charge in [-0.25, -0.2) is 4.79 Å². The summed E-state index contributed by atoms with van der Waals surface area (Å²) in [5.74, 6) is -6.42. The van der Waals surface area contributed by atoms with Crippen LogP contribution in [0.4, 0.5) is 26.3 Å². The summed E-state index contributed by atoms with van der Waals surface area (Å²) >= 11 is 0. The average molecular weight is 790 g/mol. The predicted molar refractivity (Wildman–Crippen MR) is 177 cm³/mol. The zero-order chi connectivity index (χ0) is 40.0. The number of fused-ring (bicyclic) bond motifs is 1. The van der Waals surface area contributed by atoms with Crippen LogP contribution in [-0.4, -0.2) is 80.6 Å². The molecule has 14 nitrogen and oxygen atoms in total. The number of nitrogens with one attached hydrogen (secondary N) is 3. The molecule has 0 unspecified atom stereocenters. The number of ether oxygens (including phenoxy) is 1. The summed E-state index contributed by atoms with van der Waals surface area (Å²) in [7, 11) is -4.64. The zero-order valence-electron chi connectivity index (χ0n) is 29.2. The van der Waals surface area contributed by atoms with Crippen LogP contribution in [0.2, 0.25) is 0 Å².